The molecule has 1 fully saturated rings. The fourth-order valence-corrected chi connectivity index (χ4v) is 2.94. The average molecular weight is 334 g/mol. The SMILES string of the molecule is CC(C)C(CCO)NC(=O)Nc1ccccc1N1CCN(C)CC1. The number of benzene rings is 1. The van der Waals surface area contributed by atoms with Gasteiger partial charge in [-0.05, 0) is 31.5 Å². The van der Waals surface area contributed by atoms with Crippen LogP contribution < -0.4 is 15.5 Å². The summed E-state index contributed by atoms with van der Waals surface area (Å²) in [7, 11) is 2.13. The lowest BCUT2D eigenvalue weighted by Crippen LogP contribution is -2.45. The Hall–Kier alpha value is -1.79. The molecule has 24 heavy (non-hydrogen) atoms. The monoisotopic (exact) mass is 334 g/mol. The van der Waals surface area contributed by atoms with Gasteiger partial charge in [-0.15, -0.1) is 0 Å². The number of anilines is 2. The Kier molecular flexibility index (Phi) is 6.87. The Morgan fingerprint density at radius 3 is 2.50 bits per heavy atom. The number of aliphatic hydroxyl groups excluding tert-OH is 1. The molecule has 1 saturated heterocycles. The van der Waals surface area contributed by atoms with E-state index < -0.39 is 0 Å². The van der Waals surface area contributed by atoms with Crippen LogP contribution in [0.5, 0.6) is 0 Å². The number of amides is 2. The Bertz CT molecular complexity index is 528. The molecule has 0 aliphatic carbocycles. The molecule has 0 bridgehead atoms. The van der Waals surface area contributed by atoms with Crippen LogP contribution in [0.25, 0.3) is 0 Å². The van der Waals surface area contributed by atoms with Crippen molar-refractivity contribution in [2.24, 2.45) is 5.92 Å². The van der Waals surface area contributed by atoms with Crippen molar-refractivity contribution in [1.82, 2.24) is 10.2 Å². The predicted octanol–water partition coefficient (Wildman–Crippen LogP) is 1.97. The van der Waals surface area contributed by atoms with Crippen molar-refractivity contribution in [1.29, 1.82) is 0 Å². The number of nitrogens with zero attached hydrogens (tertiary/aromatic N) is 2. The van der Waals surface area contributed by atoms with Gasteiger partial charge in [0.15, 0.2) is 0 Å². The maximum atomic E-state index is 12.4. The molecule has 0 aromatic heterocycles. The normalized spacial score (nSPS) is 17.0. The summed E-state index contributed by atoms with van der Waals surface area (Å²) in [6.07, 6.45) is 0.561. The fourth-order valence-electron chi connectivity index (χ4n) is 2.94. The first kappa shape index (κ1) is 18.5. The summed E-state index contributed by atoms with van der Waals surface area (Å²) in [5.41, 5.74) is 1.88. The second kappa shape index (κ2) is 8.89. The molecule has 6 nitrogen and oxygen atoms in total. The highest BCUT2D eigenvalue weighted by Gasteiger charge is 2.19. The van der Waals surface area contributed by atoms with E-state index in [4.69, 9.17) is 5.11 Å². The van der Waals surface area contributed by atoms with Crippen molar-refractivity contribution < 1.29 is 9.90 Å². The summed E-state index contributed by atoms with van der Waals surface area (Å²) in [6, 6.07) is 7.66. The Balaban J connectivity index is 2.03. The zero-order valence-corrected chi connectivity index (χ0v) is 15.0. The van der Waals surface area contributed by atoms with Crippen LogP contribution in [-0.2, 0) is 0 Å². The van der Waals surface area contributed by atoms with E-state index >= 15 is 0 Å². The molecule has 2 amide bonds. The molecule has 6 heteroatoms. The van der Waals surface area contributed by atoms with Crippen molar-refractivity contribution in [2.75, 3.05) is 50.1 Å². The molecule has 0 radical (unpaired) electrons. The van der Waals surface area contributed by atoms with Gasteiger partial charge in [0.2, 0.25) is 0 Å². The molecule has 1 aromatic rings. The van der Waals surface area contributed by atoms with Crippen molar-refractivity contribution in [3.05, 3.63) is 24.3 Å². The number of piperazine rings is 1. The Labute approximate surface area is 144 Å². The lowest BCUT2D eigenvalue weighted by atomic mass is 10.0. The number of nitrogens with one attached hydrogen (secondary N) is 2. The number of carbonyl (C=O) groups is 1. The number of urea groups is 1. The third-order valence-corrected chi connectivity index (χ3v) is 4.56. The number of hydrogen-bond acceptors (Lipinski definition) is 4. The Morgan fingerprint density at radius 1 is 1.21 bits per heavy atom. The van der Waals surface area contributed by atoms with Crippen LogP contribution in [-0.4, -0.2) is 61.9 Å². The minimum atomic E-state index is -0.219. The zero-order chi connectivity index (χ0) is 17.5. The summed E-state index contributed by atoms with van der Waals surface area (Å²) in [5.74, 6) is 0.274. The minimum absolute atomic E-state index is 0.0363. The lowest BCUT2D eigenvalue weighted by Gasteiger charge is -2.35. The Morgan fingerprint density at radius 2 is 1.88 bits per heavy atom. The minimum Gasteiger partial charge on any atom is -0.396 e. The largest absolute Gasteiger partial charge is 0.396 e. The molecular weight excluding hydrogens is 304 g/mol. The van der Waals surface area contributed by atoms with Gasteiger partial charge in [-0.2, -0.15) is 0 Å². The van der Waals surface area contributed by atoms with Crippen LogP contribution in [0.15, 0.2) is 24.3 Å². The first-order valence-electron chi connectivity index (χ1n) is 8.72. The van der Waals surface area contributed by atoms with Gasteiger partial charge in [-0.3, -0.25) is 0 Å². The number of para-hydroxylation sites is 2. The highest BCUT2D eigenvalue weighted by atomic mass is 16.3. The van der Waals surface area contributed by atoms with E-state index in [1.54, 1.807) is 0 Å². The number of likely N-dealkylation sites (N-methyl/N-ethyl adjacent to an activating group) is 1. The van der Waals surface area contributed by atoms with Gasteiger partial charge >= 0.3 is 6.03 Å². The van der Waals surface area contributed by atoms with Crippen molar-refractivity contribution in [2.45, 2.75) is 26.3 Å². The van der Waals surface area contributed by atoms with Crippen molar-refractivity contribution in [3.63, 3.8) is 0 Å². The molecule has 2 rings (SSSR count). The van der Waals surface area contributed by atoms with Gasteiger partial charge < -0.3 is 25.5 Å². The molecular formula is C18H30N4O2. The summed E-state index contributed by atoms with van der Waals surface area (Å²) in [4.78, 5) is 17.0. The smallest absolute Gasteiger partial charge is 0.319 e. The summed E-state index contributed by atoms with van der Waals surface area (Å²) in [6.45, 7) is 8.10. The van der Waals surface area contributed by atoms with E-state index in [0.29, 0.717) is 6.42 Å². The first-order chi connectivity index (χ1) is 11.5. The number of hydrogen-bond donors (Lipinski definition) is 3. The van der Waals surface area contributed by atoms with E-state index in [1.807, 2.05) is 32.0 Å². The summed E-state index contributed by atoms with van der Waals surface area (Å²) < 4.78 is 0. The third kappa shape index (κ3) is 5.11. The van der Waals surface area contributed by atoms with Crippen LogP contribution in [0.3, 0.4) is 0 Å². The molecule has 0 saturated carbocycles. The van der Waals surface area contributed by atoms with E-state index in [9.17, 15) is 4.79 Å². The molecule has 134 valence electrons. The second-order valence-corrected chi connectivity index (χ2v) is 6.77. The maximum absolute atomic E-state index is 12.4. The van der Waals surface area contributed by atoms with Crippen LogP contribution in [0.4, 0.5) is 16.2 Å². The highest BCUT2D eigenvalue weighted by Crippen LogP contribution is 2.26. The molecule has 1 unspecified atom stereocenters. The first-order valence-corrected chi connectivity index (χ1v) is 8.72. The fraction of sp³-hybridized carbons (Fsp3) is 0.611. The van der Waals surface area contributed by atoms with Gasteiger partial charge in [0, 0.05) is 38.8 Å². The maximum Gasteiger partial charge on any atom is 0.319 e. The molecule has 1 heterocycles. The van der Waals surface area contributed by atoms with Gasteiger partial charge in [0.25, 0.3) is 0 Å². The van der Waals surface area contributed by atoms with Crippen LogP contribution in [0.2, 0.25) is 0 Å². The van der Waals surface area contributed by atoms with E-state index in [-0.39, 0.29) is 24.6 Å². The summed E-state index contributed by atoms with van der Waals surface area (Å²) in [5, 5.41) is 15.1. The number of carbonyl (C=O) groups excluding carboxylic acids is 1. The topological polar surface area (TPSA) is 67.8 Å². The van der Waals surface area contributed by atoms with Crippen molar-refractivity contribution >= 4 is 17.4 Å². The van der Waals surface area contributed by atoms with E-state index in [0.717, 1.165) is 37.6 Å². The average Bonchev–Trinajstić information content (AvgIpc) is 2.56. The van der Waals surface area contributed by atoms with Gasteiger partial charge in [0.1, 0.15) is 0 Å². The predicted molar refractivity (Wildman–Crippen MR) is 98.6 cm³/mol. The number of rotatable bonds is 6. The molecule has 1 aliphatic rings. The molecule has 1 aromatic carbocycles. The number of aliphatic hydroxyl groups is 1. The van der Waals surface area contributed by atoms with Crippen LogP contribution in [0.1, 0.15) is 20.3 Å². The highest BCUT2D eigenvalue weighted by molar-refractivity contribution is 5.93. The summed E-state index contributed by atoms with van der Waals surface area (Å²) >= 11 is 0. The van der Waals surface area contributed by atoms with Crippen LogP contribution >= 0.6 is 0 Å². The van der Waals surface area contributed by atoms with Crippen LogP contribution in [0, 0.1) is 5.92 Å². The van der Waals surface area contributed by atoms with E-state index in [2.05, 4.69) is 33.5 Å². The third-order valence-electron chi connectivity index (χ3n) is 4.56. The van der Waals surface area contributed by atoms with Crippen molar-refractivity contribution in [3.8, 4) is 0 Å². The van der Waals surface area contributed by atoms with E-state index in [1.165, 1.54) is 0 Å². The second-order valence-electron chi connectivity index (χ2n) is 6.77. The molecule has 1 aliphatic heterocycles. The van der Waals surface area contributed by atoms with Gasteiger partial charge in [-0.1, -0.05) is 26.0 Å². The quantitative estimate of drug-likeness (QED) is 0.744. The zero-order valence-electron chi connectivity index (χ0n) is 15.0. The van der Waals surface area contributed by atoms with Gasteiger partial charge in [-0.25, -0.2) is 4.79 Å². The lowest BCUT2D eigenvalue weighted by molar-refractivity contribution is 0.227. The van der Waals surface area contributed by atoms with Gasteiger partial charge in [0.05, 0.1) is 11.4 Å². The molecule has 3 N–H and O–H groups in total. The molecule has 0 spiro atoms. The molecule has 1 atom stereocenters. The standard InChI is InChI=1S/C18H30N4O2/c1-14(2)15(8-13-23)19-18(24)20-16-6-4-5-7-17(16)22-11-9-21(3)10-12-22/h4-7,14-15,23H,8-13H2,1-3H3,(H2,19,20,24).